The molecule has 0 N–H and O–H groups in total. The second-order valence-corrected chi connectivity index (χ2v) is 14.8. The second kappa shape index (κ2) is 15.0. The average molecular weight is 769 g/mol. The molecule has 2 aromatic heterocycles. The quantitative estimate of drug-likeness (QED) is 0.154. The largest absolute Gasteiger partial charge is 0.456 e. The van der Waals surface area contributed by atoms with Crippen molar-refractivity contribution in [3.05, 3.63) is 218 Å². The number of fused-ring (bicyclic) bond motifs is 4. The molecule has 0 amide bonds. The van der Waals surface area contributed by atoms with E-state index in [0.29, 0.717) is 17.5 Å². The molecule has 9 aromatic carbocycles. The number of para-hydroxylation sites is 2. The standard InChI is InChI=1S/C55H36N4O/c1-5-16-38(17-6-1)53-56-54(39-18-7-2-8-19-39)58-55(57-53)48-35-34-46(44-24-13-14-25-45(44)48)47-26-15-27-50-52(47)49-33-30-40(36-51(49)60-50)37-28-31-43(32-29-37)59(41-20-9-3-10-21-41)42-22-11-4-12-23-42/h1-36H. The van der Waals surface area contributed by atoms with Gasteiger partial charge in [0.2, 0.25) is 0 Å². The maximum Gasteiger partial charge on any atom is 0.164 e. The van der Waals surface area contributed by atoms with E-state index in [1.54, 1.807) is 0 Å². The molecule has 0 atom stereocenters. The number of hydrogen-bond donors (Lipinski definition) is 0. The number of hydrogen-bond acceptors (Lipinski definition) is 5. The first-order valence-corrected chi connectivity index (χ1v) is 20.1. The van der Waals surface area contributed by atoms with E-state index in [1.807, 2.05) is 72.8 Å². The molecular formula is C55H36N4O. The SMILES string of the molecule is c1ccc(-c2nc(-c3ccccc3)nc(-c3ccc(-c4cccc5oc6cc(-c7ccc(N(c8ccccc8)c8ccccc8)cc7)ccc6c45)c4ccccc34)n2)cc1. The molecule has 0 unspecified atom stereocenters. The summed E-state index contributed by atoms with van der Waals surface area (Å²) in [7, 11) is 0. The Morgan fingerprint density at radius 3 is 1.42 bits per heavy atom. The van der Waals surface area contributed by atoms with Crippen molar-refractivity contribution in [2.75, 3.05) is 4.90 Å². The molecule has 282 valence electrons. The zero-order chi connectivity index (χ0) is 39.8. The lowest BCUT2D eigenvalue weighted by molar-refractivity contribution is 0.669. The van der Waals surface area contributed by atoms with E-state index in [-0.39, 0.29) is 0 Å². The Morgan fingerprint density at radius 2 is 0.800 bits per heavy atom. The molecule has 0 spiro atoms. The highest BCUT2D eigenvalue weighted by Crippen LogP contribution is 2.43. The van der Waals surface area contributed by atoms with Crippen molar-refractivity contribution in [3.8, 4) is 56.4 Å². The van der Waals surface area contributed by atoms with Gasteiger partial charge in [-0.05, 0) is 93.7 Å². The van der Waals surface area contributed by atoms with Crippen LogP contribution in [0.2, 0.25) is 0 Å². The van der Waals surface area contributed by atoms with Crippen LogP contribution in [0.4, 0.5) is 17.1 Å². The number of benzene rings is 9. The fraction of sp³-hybridized carbons (Fsp3) is 0. The fourth-order valence-corrected chi connectivity index (χ4v) is 8.29. The molecular weight excluding hydrogens is 733 g/mol. The summed E-state index contributed by atoms with van der Waals surface area (Å²) in [6.45, 7) is 0. The van der Waals surface area contributed by atoms with Crippen LogP contribution in [0, 0.1) is 0 Å². The van der Waals surface area contributed by atoms with Crippen molar-refractivity contribution < 1.29 is 4.42 Å². The highest BCUT2D eigenvalue weighted by atomic mass is 16.3. The van der Waals surface area contributed by atoms with Crippen LogP contribution in [0.25, 0.3) is 89.1 Å². The molecule has 0 bridgehead atoms. The van der Waals surface area contributed by atoms with E-state index < -0.39 is 0 Å². The van der Waals surface area contributed by atoms with Crippen LogP contribution in [-0.4, -0.2) is 15.0 Å². The number of nitrogens with zero attached hydrogens (tertiary/aromatic N) is 4. The summed E-state index contributed by atoms with van der Waals surface area (Å²) in [5.74, 6) is 1.91. The van der Waals surface area contributed by atoms with Crippen LogP contribution in [0.3, 0.4) is 0 Å². The van der Waals surface area contributed by atoms with Crippen LogP contribution in [0.1, 0.15) is 0 Å². The minimum atomic E-state index is 0.630. The fourth-order valence-electron chi connectivity index (χ4n) is 8.29. The number of aromatic nitrogens is 3. The lowest BCUT2D eigenvalue weighted by atomic mass is 9.92. The third-order valence-electron chi connectivity index (χ3n) is 11.1. The van der Waals surface area contributed by atoms with Crippen LogP contribution >= 0.6 is 0 Å². The summed E-state index contributed by atoms with van der Waals surface area (Å²) in [6, 6.07) is 75.7. The van der Waals surface area contributed by atoms with Crippen LogP contribution in [-0.2, 0) is 0 Å². The average Bonchev–Trinajstić information content (AvgIpc) is 3.71. The maximum absolute atomic E-state index is 6.63. The number of rotatable bonds is 8. The Balaban J connectivity index is 0.988. The Morgan fingerprint density at radius 1 is 0.300 bits per heavy atom. The summed E-state index contributed by atoms with van der Waals surface area (Å²) in [5, 5.41) is 4.34. The molecule has 0 radical (unpaired) electrons. The van der Waals surface area contributed by atoms with Crippen LogP contribution < -0.4 is 4.90 Å². The minimum absolute atomic E-state index is 0.630. The topological polar surface area (TPSA) is 55.1 Å². The van der Waals surface area contributed by atoms with Crippen molar-refractivity contribution in [1.29, 1.82) is 0 Å². The van der Waals surface area contributed by atoms with Gasteiger partial charge in [0, 0.05) is 44.5 Å². The van der Waals surface area contributed by atoms with Gasteiger partial charge in [0.05, 0.1) is 0 Å². The predicted octanol–water partition coefficient (Wildman–Crippen LogP) is 14.7. The Kier molecular flexibility index (Phi) is 8.75. The zero-order valence-electron chi connectivity index (χ0n) is 32.5. The molecule has 0 saturated heterocycles. The zero-order valence-corrected chi connectivity index (χ0v) is 32.5. The summed E-state index contributed by atoms with van der Waals surface area (Å²) in [6.07, 6.45) is 0. The van der Waals surface area contributed by atoms with Crippen molar-refractivity contribution >= 4 is 49.8 Å². The van der Waals surface area contributed by atoms with Gasteiger partial charge in [0.15, 0.2) is 17.5 Å². The second-order valence-electron chi connectivity index (χ2n) is 14.8. The molecule has 0 saturated carbocycles. The Bertz CT molecular complexity index is 3200. The highest BCUT2D eigenvalue weighted by molar-refractivity contribution is 6.16. The van der Waals surface area contributed by atoms with Crippen molar-refractivity contribution in [2.24, 2.45) is 0 Å². The lowest BCUT2D eigenvalue weighted by Gasteiger charge is -2.25. The summed E-state index contributed by atoms with van der Waals surface area (Å²) in [5.41, 5.74) is 12.3. The van der Waals surface area contributed by atoms with E-state index in [9.17, 15) is 0 Å². The van der Waals surface area contributed by atoms with Gasteiger partial charge in [0.1, 0.15) is 11.2 Å². The molecule has 5 heteroatoms. The lowest BCUT2D eigenvalue weighted by Crippen LogP contribution is -2.09. The third-order valence-corrected chi connectivity index (χ3v) is 11.1. The van der Waals surface area contributed by atoms with Crippen molar-refractivity contribution in [2.45, 2.75) is 0 Å². The molecule has 5 nitrogen and oxygen atoms in total. The first-order chi connectivity index (χ1) is 29.7. The molecule has 60 heavy (non-hydrogen) atoms. The Labute approximate surface area is 347 Å². The summed E-state index contributed by atoms with van der Waals surface area (Å²) < 4.78 is 6.63. The van der Waals surface area contributed by atoms with Gasteiger partial charge in [-0.25, -0.2) is 15.0 Å². The number of furan rings is 1. The third kappa shape index (κ3) is 6.35. The van der Waals surface area contributed by atoms with Crippen LogP contribution in [0.15, 0.2) is 223 Å². The van der Waals surface area contributed by atoms with Gasteiger partial charge < -0.3 is 9.32 Å². The minimum Gasteiger partial charge on any atom is -0.456 e. The monoisotopic (exact) mass is 768 g/mol. The molecule has 0 fully saturated rings. The highest BCUT2D eigenvalue weighted by Gasteiger charge is 2.19. The van der Waals surface area contributed by atoms with Gasteiger partial charge in [0.25, 0.3) is 0 Å². The van der Waals surface area contributed by atoms with Gasteiger partial charge in [-0.15, -0.1) is 0 Å². The molecule has 2 heterocycles. The van der Waals surface area contributed by atoms with E-state index in [2.05, 4.69) is 150 Å². The number of anilines is 3. The predicted molar refractivity (Wildman–Crippen MR) is 246 cm³/mol. The molecule has 0 aliphatic heterocycles. The molecule has 0 aliphatic carbocycles. The van der Waals surface area contributed by atoms with Gasteiger partial charge >= 0.3 is 0 Å². The summed E-state index contributed by atoms with van der Waals surface area (Å²) >= 11 is 0. The first-order valence-electron chi connectivity index (χ1n) is 20.1. The molecule has 11 rings (SSSR count). The van der Waals surface area contributed by atoms with Crippen molar-refractivity contribution in [1.82, 2.24) is 15.0 Å². The van der Waals surface area contributed by atoms with Gasteiger partial charge in [-0.3, -0.25) is 0 Å². The van der Waals surface area contributed by atoms with E-state index >= 15 is 0 Å². The smallest absolute Gasteiger partial charge is 0.164 e. The van der Waals surface area contributed by atoms with Crippen molar-refractivity contribution in [3.63, 3.8) is 0 Å². The molecule has 0 aliphatic rings. The molecule has 11 aromatic rings. The first kappa shape index (κ1) is 35.0. The van der Waals surface area contributed by atoms with Crippen LogP contribution in [0.5, 0.6) is 0 Å². The van der Waals surface area contributed by atoms with E-state index in [4.69, 9.17) is 19.4 Å². The normalized spacial score (nSPS) is 11.3. The van der Waals surface area contributed by atoms with Gasteiger partial charge in [-0.2, -0.15) is 0 Å². The van der Waals surface area contributed by atoms with E-state index in [0.717, 1.165) is 88.7 Å². The maximum atomic E-state index is 6.63. The van der Waals surface area contributed by atoms with E-state index in [1.165, 1.54) is 0 Å². The Hall–Kier alpha value is -8.15. The van der Waals surface area contributed by atoms with Gasteiger partial charge in [-0.1, -0.05) is 158 Å². The summed E-state index contributed by atoms with van der Waals surface area (Å²) in [4.78, 5) is 17.3.